The first kappa shape index (κ1) is 12.6. The van der Waals surface area contributed by atoms with Crippen LogP contribution < -0.4 is 0 Å². The lowest BCUT2D eigenvalue weighted by Crippen LogP contribution is -2.34. The number of benzene rings is 1. The molecule has 1 aromatic rings. The molecule has 2 rings (SSSR count). The molecule has 0 saturated heterocycles. The first-order chi connectivity index (χ1) is 8.77. The largest absolute Gasteiger partial charge is 0.449 e. The Bertz CT molecular complexity index is 456. The van der Waals surface area contributed by atoms with Crippen LogP contribution in [-0.2, 0) is 9.47 Å². The third-order valence-electron chi connectivity index (χ3n) is 2.73. The molecule has 0 spiro atoms. The summed E-state index contributed by atoms with van der Waals surface area (Å²) in [6.45, 7) is 4.58. The SMILES string of the molecule is CCOC(=O)N1C=Cc2ccccc2C1OCC. The van der Waals surface area contributed by atoms with Gasteiger partial charge >= 0.3 is 6.09 Å². The maximum atomic E-state index is 11.9. The zero-order chi connectivity index (χ0) is 13.0. The number of rotatable bonds is 3. The Kier molecular flexibility index (Phi) is 3.99. The van der Waals surface area contributed by atoms with Gasteiger partial charge in [0, 0.05) is 18.4 Å². The van der Waals surface area contributed by atoms with Crippen molar-refractivity contribution in [3.63, 3.8) is 0 Å². The maximum Gasteiger partial charge on any atom is 0.416 e. The summed E-state index contributed by atoms with van der Waals surface area (Å²) in [6.07, 6.45) is 2.81. The molecule has 0 aromatic heterocycles. The van der Waals surface area contributed by atoms with Crippen LogP contribution in [0.4, 0.5) is 4.79 Å². The van der Waals surface area contributed by atoms with E-state index >= 15 is 0 Å². The van der Waals surface area contributed by atoms with Gasteiger partial charge in [0.2, 0.25) is 0 Å². The summed E-state index contributed by atoms with van der Waals surface area (Å²) in [5.41, 5.74) is 2.05. The van der Waals surface area contributed by atoms with Gasteiger partial charge in [-0.3, -0.25) is 4.90 Å². The highest BCUT2D eigenvalue weighted by molar-refractivity contribution is 5.73. The number of carbonyl (C=O) groups is 1. The Morgan fingerprint density at radius 2 is 2.06 bits per heavy atom. The Labute approximate surface area is 107 Å². The van der Waals surface area contributed by atoms with Gasteiger partial charge in [0.1, 0.15) is 0 Å². The highest BCUT2D eigenvalue weighted by Crippen LogP contribution is 2.31. The molecule has 1 unspecified atom stereocenters. The second-order valence-corrected chi connectivity index (χ2v) is 3.86. The summed E-state index contributed by atoms with van der Waals surface area (Å²) < 4.78 is 10.7. The monoisotopic (exact) mass is 247 g/mol. The molecule has 0 radical (unpaired) electrons. The fourth-order valence-corrected chi connectivity index (χ4v) is 1.96. The van der Waals surface area contributed by atoms with Gasteiger partial charge in [0.25, 0.3) is 0 Å². The van der Waals surface area contributed by atoms with E-state index in [9.17, 15) is 4.79 Å². The molecule has 1 amide bonds. The number of nitrogens with zero attached hydrogens (tertiary/aromatic N) is 1. The topological polar surface area (TPSA) is 38.8 Å². The molecule has 0 bridgehead atoms. The van der Waals surface area contributed by atoms with Gasteiger partial charge in [0.15, 0.2) is 6.23 Å². The molecule has 96 valence electrons. The number of hydrogen-bond acceptors (Lipinski definition) is 3. The second kappa shape index (κ2) is 5.69. The standard InChI is InChI=1S/C14H17NO3/c1-3-17-13-12-8-6-5-7-11(12)9-10-15(13)14(16)18-4-2/h5-10,13H,3-4H2,1-2H3. The minimum atomic E-state index is -0.407. The third-order valence-corrected chi connectivity index (χ3v) is 2.73. The first-order valence-electron chi connectivity index (χ1n) is 6.11. The molecule has 0 aliphatic carbocycles. The summed E-state index contributed by atoms with van der Waals surface area (Å²) in [4.78, 5) is 13.3. The number of ether oxygens (including phenoxy) is 2. The van der Waals surface area contributed by atoms with Crippen molar-refractivity contribution in [3.8, 4) is 0 Å². The number of hydrogen-bond donors (Lipinski definition) is 0. The van der Waals surface area contributed by atoms with Crippen molar-refractivity contribution in [3.05, 3.63) is 41.6 Å². The summed E-state index contributed by atoms with van der Waals surface area (Å²) in [5, 5.41) is 0. The normalized spacial score (nSPS) is 17.4. The van der Waals surface area contributed by atoms with Crippen LogP contribution in [0.3, 0.4) is 0 Å². The van der Waals surface area contributed by atoms with Crippen molar-refractivity contribution in [2.75, 3.05) is 13.2 Å². The van der Waals surface area contributed by atoms with Crippen LogP contribution in [0.15, 0.2) is 30.5 Å². The van der Waals surface area contributed by atoms with Crippen LogP contribution in [-0.4, -0.2) is 24.2 Å². The minimum absolute atomic E-state index is 0.351. The van der Waals surface area contributed by atoms with Crippen molar-refractivity contribution in [1.82, 2.24) is 4.90 Å². The van der Waals surface area contributed by atoms with Crippen molar-refractivity contribution in [2.24, 2.45) is 0 Å². The Morgan fingerprint density at radius 1 is 1.28 bits per heavy atom. The predicted molar refractivity (Wildman–Crippen MR) is 68.7 cm³/mol. The van der Waals surface area contributed by atoms with Crippen molar-refractivity contribution in [2.45, 2.75) is 20.1 Å². The molecule has 18 heavy (non-hydrogen) atoms. The highest BCUT2D eigenvalue weighted by atomic mass is 16.6. The molecule has 0 saturated carbocycles. The number of carbonyl (C=O) groups excluding carboxylic acids is 1. The first-order valence-corrected chi connectivity index (χ1v) is 6.11. The molecular formula is C14H17NO3. The van der Waals surface area contributed by atoms with Gasteiger partial charge in [-0.1, -0.05) is 24.3 Å². The summed E-state index contributed by atoms with van der Waals surface area (Å²) >= 11 is 0. The zero-order valence-electron chi connectivity index (χ0n) is 10.6. The van der Waals surface area contributed by atoms with Crippen LogP contribution in [0.25, 0.3) is 6.08 Å². The summed E-state index contributed by atoms with van der Waals surface area (Å²) in [7, 11) is 0. The average molecular weight is 247 g/mol. The van der Waals surface area contributed by atoms with E-state index in [2.05, 4.69) is 0 Å². The van der Waals surface area contributed by atoms with Crippen LogP contribution in [0, 0.1) is 0 Å². The quantitative estimate of drug-likeness (QED) is 0.823. The predicted octanol–water partition coefficient (Wildman–Crippen LogP) is 3.16. The van der Waals surface area contributed by atoms with Gasteiger partial charge in [-0.05, 0) is 25.5 Å². The van der Waals surface area contributed by atoms with Crippen molar-refractivity contribution >= 4 is 12.2 Å². The average Bonchev–Trinajstić information content (AvgIpc) is 2.39. The van der Waals surface area contributed by atoms with Crippen molar-refractivity contribution in [1.29, 1.82) is 0 Å². The van der Waals surface area contributed by atoms with E-state index in [0.717, 1.165) is 11.1 Å². The van der Waals surface area contributed by atoms with Crippen LogP contribution in [0.2, 0.25) is 0 Å². The minimum Gasteiger partial charge on any atom is -0.449 e. The summed E-state index contributed by atoms with van der Waals surface area (Å²) in [5.74, 6) is 0. The van der Waals surface area contributed by atoms with E-state index < -0.39 is 6.23 Å². The fraction of sp³-hybridized carbons (Fsp3) is 0.357. The van der Waals surface area contributed by atoms with Gasteiger partial charge in [0.05, 0.1) is 6.61 Å². The molecule has 1 atom stereocenters. The van der Waals surface area contributed by atoms with E-state index in [0.29, 0.717) is 13.2 Å². The molecule has 1 aliphatic heterocycles. The van der Waals surface area contributed by atoms with E-state index in [-0.39, 0.29) is 6.09 Å². The van der Waals surface area contributed by atoms with E-state index in [1.807, 2.05) is 37.3 Å². The molecule has 4 heteroatoms. The number of amides is 1. The van der Waals surface area contributed by atoms with Crippen LogP contribution in [0.1, 0.15) is 31.2 Å². The third kappa shape index (κ3) is 2.38. The lowest BCUT2D eigenvalue weighted by molar-refractivity contribution is -0.0314. The van der Waals surface area contributed by atoms with Gasteiger partial charge in [-0.2, -0.15) is 0 Å². The molecule has 0 fully saturated rings. The number of fused-ring (bicyclic) bond motifs is 1. The fourth-order valence-electron chi connectivity index (χ4n) is 1.96. The van der Waals surface area contributed by atoms with Gasteiger partial charge in [-0.25, -0.2) is 4.79 Å². The second-order valence-electron chi connectivity index (χ2n) is 3.86. The molecule has 1 heterocycles. The highest BCUT2D eigenvalue weighted by Gasteiger charge is 2.29. The maximum absolute atomic E-state index is 11.9. The van der Waals surface area contributed by atoms with E-state index in [1.54, 1.807) is 13.1 Å². The van der Waals surface area contributed by atoms with E-state index in [1.165, 1.54) is 4.90 Å². The molecular weight excluding hydrogens is 230 g/mol. The molecule has 1 aliphatic rings. The molecule has 4 nitrogen and oxygen atoms in total. The van der Waals surface area contributed by atoms with Gasteiger partial charge in [-0.15, -0.1) is 0 Å². The van der Waals surface area contributed by atoms with Crippen LogP contribution >= 0.6 is 0 Å². The van der Waals surface area contributed by atoms with Crippen molar-refractivity contribution < 1.29 is 14.3 Å². The zero-order valence-corrected chi connectivity index (χ0v) is 10.6. The smallest absolute Gasteiger partial charge is 0.416 e. The van der Waals surface area contributed by atoms with Crippen LogP contribution in [0.5, 0.6) is 0 Å². The Morgan fingerprint density at radius 3 is 2.78 bits per heavy atom. The molecule has 0 N–H and O–H groups in total. The Hall–Kier alpha value is -1.81. The van der Waals surface area contributed by atoms with Gasteiger partial charge < -0.3 is 9.47 Å². The lowest BCUT2D eigenvalue weighted by atomic mass is 10.0. The van der Waals surface area contributed by atoms with E-state index in [4.69, 9.17) is 9.47 Å². The molecule has 1 aromatic carbocycles. The lowest BCUT2D eigenvalue weighted by Gasteiger charge is -2.31. The Balaban J connectivity index is 2.31. The summed E-state index contributed by atoms with van der Waals surface area (Å²) in [6, 6.07) is 7.87.